The summed E-state index contributed by atoms with van der Waals surface area (Å²) >= 11 is 1.37. The summed E-state index contributed by atoms with van der Waals surface area (Å²) in [7, 11) is 0. The van der Waals surface area contributed by atoms with E-state index in [0.29, 0.717) is 33.9 Å². The zero-order valence-corrected chi connectivity index (χ0v) is 22.4. The molecule has 1 aromatic heterocycles. The lowest BCUT2D eigenvalue weighted by Gasteiger charge is -2.21. The maximum atomic E-state index is 13.7. The lowest BCUT2D eigenvalue weighted by Crippen LogP contribution is -2.29. The van der Waals surface area contributed by atoms with Gasteiger partial charge in [-0.25, -0.2) is 4.68 Å². The van der Waals surface area contributed by atoms with E-state index in [1.54, 1.807) is 47.1 Å². The number of Topliss-reactive ketones (excluding diaryl/α,β-unsaturated/α-hetero) is 1. The van der Waals surface area contributed by atoms with Crippen LogP contribution in [0.3, 0.4) is 0 Å². The van der Waals surface area contributed by atoms with Crippen molar-refractivity contribution in [1.82, 2.24) is 9.78 Å². The number of nitrogens with one attached hydrogen (secondary N) is 2. The summed E-state index contributed by atoms with van der Waals surface area (Å²) in [6.07, 6.45) is -0.460. The number of nitriles is 1. The van der Waals surface area contributed by atoms with E-state index in [1.165, 1.54) is 11.8 Å². The Morgan fingerprint density at radius 1 is 0.951 bits per heavy atom. The molecule has 3 N–H and O–H groups in total. The molecule has 0 bridgehead atoms. The first-order valence-corrected chi connectivity index (χ1v) is 13.6. The second-order valence-corrected chi connectivity index (χ2v) is 10.1. The van der Waals surface area contributed by atoms with E-state index in [0.717, 1.165) is 4.90 Å². The van der Waals surface area contributed by atoms with Crippen LogP contribution in [0, 0.1) is 17.2 Å². The maximum absolute atomic E-state index is 13.7. The third-order valence-corrected chi connectivity index (χ3v) is 7.54. The fourth-order valence-corrected chi connectivity index (χ4v) is 5.64. The van der Waals surface area contributed by atoms with Gasteiger partial charge in [0, 0.05) is 33.9 Å². The molecule has 0 spiro atoms. The molecule has 0 fully saturated rings. The molecule has 0 saturated heterocycles. The van der Waals surface area contributed by atoms with Crippen molar-refractivity contribution in [3.8, 4) is 23.0 Å². The summed E-state index contributed by atoms with van der Waals surface area (Å²) in [5, 5.41) is 28.8. The van der Waals surface area contributed by atoms with Gasteiger partial charge in [0.05, 0.1) is 29.6 Å². The topological polar surface area (TPSA) is 154 Å². The van der Waals surface area contributed by atoms with Gasteiger partial charge in [-0.1, -0.05) is 48.5 Å². The van der Waals surface area contributed by atoms with Crippen molar-refractivity contribution in [3.63, 3.8) is 0 Å². The number of hydrogen-bond donors (Lipinski definition) is 3. The molecule has 2 heterocycles. The quantitative estimate of drug-likeness (QED) is 0.191. The van der Waals surface area contributed by atoms with Gasteiger partial charge >= 0.3 is 5.97 Å². The molecule has 1 atom stereocenters. The minimum Gasteiger partial charge on any atom is -0.481 e. The minimum atomic E-state index is -1.62. The molecular weight excluding hydrogens is 542 g/mol. The molecule has 204 valence electrons. The number of carbonyl (C=O) groups is 4. The molecule has 11 heteroatoms. The lowest BCUT2D eigenvalue weighted by molar-refractivity contribution is -0.138. The van der Waals surface area contributed by atoms with Gasteiger partial charge in [-0.3, -0.25) is 19.2 Å². The molecule has 1 aliphatic heterocycles. The van der Waals surface area contributed by atoms with Crippen LogP contribution >= 0.6 is 11.8 Å². The van der Waals surface area contributed by atoms with Gasteiger partial charge in [-0.15, -0.1) is 11.8 Å². The predicted octanol–water partition coefficient (Wildman–Crippen LogP) is 4.91. The van der Waals surface area contributed by atoms with Crippen molar-refractivity contribution in [1.29, 1.82) is 5.26 Å². The molecule has 0 radical (unpaired) electrons. The maximum Gasteiger partial charge on any atom is 0.303 e. The van der Waals surface area contributed by atoms with Crippen LogP contribution in [0.15, 0.2) is 83.8 Å². The van der Waals surface area contributed by atoms with Crippen LogP contribution in [0.2, 0.25) is 0 Å². The van der Waals surface area contributed by atoms with Gasteiger partial charge in [0.15, 0.2) is 5.92 Å². The molecule has 4 aromatic rings. The zero-order valence-electron chi connectivity index (χ0n) is 21.5. The summed E-state index contributed by atoms with van der Waals surface area (Å²) in [6.45, 7) is 0. The van der Waals surface area contributed by atoms with Crippen molar-refractivity contribution in [2.45, 2.75) is 23.5 Å². The summed E-state index contributed by atoms with van der Waals surface area (Å²) in [5.74, 6) is -4.29. The number of rotatable bonds is 9. The van der Waals surface area contributed by atoms with Gasteiger partial charge in [0.1, 0.15) is 5.69 Å². The number of ketones is 1. The van der Waals surface area contributed by atoms with E-state index >= 15 is 0 Å². The van der Waals surface area contributed by atoms with Crippen LogP contribution in [0.4, 0.5) is 11.4 Å². The standard InChI is InChI=1S/C30H23N5O5S/c31-16-21(30(40)32-18-8-3-1-4-9-18)28(39)26-22-17-41-29-20(27(22)35(34-26)19-10-5-2-6-11-19)12-7-13-23(29)33-24(36)14-15-25(37)38/h1-13,21H,14-15,17H2,(H,32,40)(H,33,36)(H,37,38). The fourth-order valence-electron chi connectivity index (χ4n) is 4.48. The van der Waals surface area contributed by atoms with E-state index in [9.17, 15) is 24.4 Å². The number of anilines is 2. The number of fused-ring (bicyclic) bond motifs is 3. The molecule has 2 amide bonds. The highest BCUT2D eigenvalue weighted by Crippen LogP contribution is 2.47. The number of hydrogen-bond acceptors (Lipinski definition) is 7. The van der Waals surface area contributed by atoms with E-state index in [1.807, 2.05) is 42.5 Å². The second-order valence-electron chi connectivity index (χ2n) is 9.12. The first kappa shape index (κ1) is 27.4. The summed E-state index contributed by atoms with van der Waals surface area (Å²) in [4.78, 5) is 50.7. The average Bonchev–Trinajstić information content (AvgIpc) is 3.38. The number of carbonyl (C=O) groups excluding carboxylic acids is 3. The first-order valence-electron chi connectivity index (χ1n) is 12.6. The van der Waals surface area contributed by atoms with Crippen LogP contribution in [0.25, 0.3) is 16.9 Å². The normalized spacial score (nSPS) is 12.3. The highest BCUT2D eigenvalue weighted by molar-refractivity contribution is 7.99. The highest BCUT2D eigenvalue weighted by Gasteiger charge is 2.36. The Morgan fingerprint density at radius 2 is 1.66 bits per heavy atom. The van der Waals surface area contributed by atoms with E-state index in [-0.39, 0.29) is 24.3 Å². The highest BCUT2D eigenvalue weighted by atomic mass is 32.2. The third kappa shape index (κ3) is 5.73. The van der Waals surface area contributed by atoms with E-state index in [4.69, 9.17) is 5.11 Å². The molecule has 1 unspecified atom stereocenters. The monoisotopic (exact) mass is 565 g/mol. The van der Waals surface area contributed by atoms with E-state index < -0.39 is 29.5 Å². The molecular formula is C30H23N5O5S. The van der Waals surface area contributed by atoms with Crippen molar-refractivity contribution in [2.24, 2.45) is 5.92 Å². The fraction of sp³-hybridized carbons (Fsp3) is 0.133. The Bertz CT molecular complexity index is 1700. The molecule has 41 heavy (non-hydrogen) atoms. The number of carboxylic acid groups (broad SMARTS) is 1. The molecule has 10 nitrogen and oxygen atoms in total. The number of thioether (sulfide) groups is 1. The van der Waals surface area contributed by atoms with Crippen molar-refractivity contribution >= 4 is 46.7 Å². The predicted molar refractivity (Wildman–Crippen MR) is 153 cm³/mol. The van der Waals surface area contributed by atoms with Crippen molar-refractivity contribution in [2.75, 3.05) is 10.6 Å². The SMILES string of the molecule is N#CC(C(=O)Nc1ccccc1)C(=O)c1nn(-c2ccccc2)c2c1CSc1c(NC(=O)CCC(=O)O)cccc1-2. The van der Waals surface area contributed by atoms with Gasteiger partial charge in [-0.2, -0.15) is 10.4 Å². The Morgan fingerprint density at radius 3 is 2.34 bits per heavy atom. The number of carboxylic acids is 1. The minimum absolute atomic E-state index is 0.0210. The van der Waals surface area contributed by atoms with Gasteiger partial charge in [0.2, 0.25) is 17.6 Å². The molecule has 0 saturated carbocycles. The van der Waals surface area contributed by atoms with Gasteiger partial charge in [-0.05, 0) is 30.3 Å². The van der Waals surface area contributed by atoms with Crippen molar-refractivity contribution in [3.05, 3.63) is 90.1 Å². The van der Waals surface area contributed by atoms with Crippen LogP contribution in [0.5, 0.6) is 0 Å². The number of benzene rings is 3. The molecule has 1 aliphatic rings. The van der Waals surface area contributed by atoms with Crippen LogP contribution < -0.4 is 10.6 Å². The zero-order chi connectivity index (χ0) is 28.9. The number of para-hydroxylation sites is 2. The summed E-state index contributed by atoms with van der Waals surface area (Å²) < 4.78 is 1.61. The Balaban J connectivity index is 1.55. The van der Waals surface area contributed by atoms with Gasteiger partial charge < -0.3 is 15.7 Å². The summed E-state index contributed by atoms with van der Waals surface area (Å²) in [6, 6.07) is 24.9. The van der Waals surface area contributed by atoms with E-state index in [2.05, 4.69) is 15.7 Å². The Hall–Kier alpha value is -5.21. The van der Waals surface area contributed by atoms with Crippen LogP contribution in [0.1, 0.15) is 28.9 Å². The number of aliphatic carboxylic acids is 1. The number of aromatic nitrogens is 2. The summed E-state index contributed by atoms with van der Waals surface area (Å²) in [5.41, 5.74) is 3.54. The molecule has 5 rings (SSSR count). The smallest absolute Gasteiger partial charge is 0.303 e. The average molecular weight is 566 g/mol. The Kier molecular flexibility index (Phi) is 7.94. The third-order valence-electron chi connectivity index (χ3n) is 6.38. The largest absolute Gasteiger partial charge is 0.481 e. The van der Waals surface area contributed by atoms with Gasteiger partial charge in [0.25, 0.3) is 0 Å². The number of nitrogens with zero attached hydrogens (tertiary/aromatic N) is 3. The van der Waals surface area contributed by atoms with Crippen molar-refractivity contribution < 1.29 is 24.3 Å². The van der Waals surface area contributed by atoms with Crippen LogP contribution in [-0.4, -0.2) is 38.5 Å². The molecule has 3 aromatic carbocycles. The lowest BCUT2D eigenvalue weighted by atomic mass is 9.97. The van der Waals surface area contributed by atoms with Crippen LogP contribution in [-0.2, 0) is 20.1 Å². The first-order chi connectivity index (χ1) is 19.9. The number of amides is 2. The Labute approximate surface area is 239 Å². The second kappa shape index (κ2) is 11.9. The molecule has 0 aliphatic carbocycles.